The number of carboxylic acid groups (broad SMARTS) is 1. The van der Waals surface area contributed by atoms with Gasteiger partial charge in [-0.25, -0.2) is 4.79 Å². The molecule has 22 heavy (non-hydrogen) atoms. The van der Waals surface area contributed by atoms with E-state index >= 15 is 0 Å². The van der Waals surface area contributed by atoms with Crippen molar-refractivity contribution in [1.29, 1.82) is 0 Å². The number of aliphatic carboxylic acids is 1. The molecule has 0 spiro atoms. The Kier molecular flexibility index (Phi) is 5.80. The summed E-state index contributed by atoms with van der Waals surface area (Å²) in [7, 11) is 0. The van der Waals surface area contributed by atoms with Gasteiger partial charge in [0.1, 0.15) is 0 Å². The number of carbonyl (C=O) groups excluding carboxylic acids is 1. The second-order valence-electron chi connectivity index (χ2n) is 5.91. The van der Waals surface area contributed by atoms with Crippen LogP contribution in [0.5, 0.6) is 0 Å². The molecule has 7 nitrogen and oxygen atoms in total. The molecular weight excluding hydrogens is 284 g/mol. The van der Waals surface area contributed by atoms with Gasteiger partial charge in [0.05, 0.1) is 12.1 Å². The molecule has 1 aromatic heterocycles. The Morgan fingerprint density at radius 2 is 2.09 bits per heavy atom. The smallest absolute Gasteiger partial charge is 0.315 e. The van der Waals surface area contributed by atoms with E-state index in [2.05, 4.69) is 20.8 Å². The third kappa shape index (κ3) is 4.75. The Bertz CT molecular complexity index is 507. The largest absolute Gasteiger partial charge is 0.481 e. The van der Waals surface area contributed by atoms with Gasteiger partial charge in [0.2, 0.25) is 0 Å². The lowest BCUT2D eigenvalue weighted by Gasteiger charge is -2.26. The van der Waals surface area contributed by atoms with E-state index in [0.717, 1.165) is 31.4 Å². The Labute approximate surface area is 129 Å². The van der Waals surface area contributed by atoms with Crippen LogP contribution in [0.2, 0.25) is 0 Å². The van der Waals surface area contributed by atoms with Crippen LogP contribution in [0.25, 0.3) is 0 Å². The molecule has 1 fully saturated rings. The number of hydrogen-bond donors (Lipinski definition) is 4. The van der Waals surface area contributed by atoms with E-state index in [1.54, 1.807) is 0 Å². The van der Waals surface area contributed by atoms with Gasteiger partial charge in [0, 0.05) is 18.3 Å². The van der Waals surface area contributed by atoms with Gasteiger partial charge in [-0.15, -0.1) is 0 Å². The number of carbonyl (C=O) groups is 2. The predicted octanol–water partition coefficient (Wildman–Crippen LogP) is 1.59. The van der Waals surface area contributed by atoms with Crippen LogP contribution in [0.4, 0.5) is 4.79 Å². The minimum absolute atomic E-state index is 0.0896. The number of rotatable bonds is 6. The van der Waals surface area contributed by atoms with Crippen LogP contribution in [0.1, 0.15) is 43.4 Å². The number of H-pyrrole nitrogens is 1. The first kappa shape index (κ1) is 16.3. The number of urea groups is 1. The highest BCUT2D eigenvalue weighted by Crippen LogP contribution is 2.24. The van der Waals surface area contributed by atoms with Crippen LogP contribution in [-0.2, 0) is 11.2 Å². The van der Waals surface area contributed by atoms with Crippen molar-refractivity contribution in [2.45, 2.75) is 51.5 Å². The van der Waals surface area contributed by atoms with Gasteiger partial charge in [-0.1, -0.05) is 0 Å². The lowest BCUT2D eigenvalue weighted by Crippen LogP contribution is -2.44. The van der Waals surface area contributed by atoms with E-state index in [0.29, 0.717) is 19.4 Å². The Morgan fingerprint density at radius 3 is 2.68 bits per heavy atom. The standard InChI is InChI=1S/C15H24N4O3/c1-10-12(9-17-19-10)3-2-8-16-15(22)18-13-6-4-11(5-7-13)14(20)21/h9,11,13H,2-8H2,1H3,(H,17,19)(H,20,21)(H2,16,18,22). The molecule has 1 aromatic rings. The summed E-state index contributed by atoms with van der Waals surface area (Å²) in [6.45, 7) is 2.59. The summed E-state index contributed by atoms with van der Waals surface area (Å²) in [5.74, 6) is -0.975. The number of aryl methyl sites for hydroxylation is 2. The maximum Gasteiger partial charge on any atom is 0.315 e. The fourth-order valence-corrected chi connectivity index (χ4v) is 2.83. The summed E-state index contributed by atoms with van der Waals surface area (Å²) in [4.78, 5) is 22.7. The minimum Gasteiger partial charge on any atom is -0.481 e. The van der Waals surface area contributed by atoms with Crippen molar-refractivity contribution >= 4 is 12.0 Å². The van der Waals surface area contributed by atoms with Crippen LogP contribution < -0.4 is 10.6 Å². The molecule has 1 aliphatic rings. The van der Waals surface area contributed by atoms with E-state index in [1.807, 2.05) is 13.1 Å². The lowest BCUT2D eigenvalue weighted by atomic mass is 9.86. The number of nitrogens with one attached hydrogen (secondary N) is 3. The Hall–Kier alpha value is -2.05. The molecule has 1 aliphatic carbocycles. The molecule has 0 bridgehead atoms. The average molecular weight is 308 g/mol. The molecule has 1 heterocycles. The van der Waals surface area contributed by atoms with Crippen LogP contribution in [-0.4, -0.2) is 39.9 Å². The zero-order valence-electron chi connectivity index (χ0n) is 12.9. The highest BCUT2D eigenvalue weighted by atomic mass is 16.4. The maximum atomic E-state index is 11.8. The van der Waals surface area contributed by atoms with Crippen LogP contribution in [0.15, 0.2) is 6.20 Å². The molecule has 0 atom stereocenters. The predicted molar refractivity (Wildman–Crippen MR) is 81.6 cm³/mol. The third-order valence-corrected chi connectivity index (χ3v) is 4.25. The van der Waals surface area contributed by atoms with Gasteiger partial charge in [-0.05, 0) is 51.0 Å². The van der Waals surface area contributed by atoms with E-state index < -0.39 is 5.97 Å². The average Bonchev–Trinajstić information content (AvgIpc) is 2.89. The van der Waals surface area contributed by atoms with Gasteiger partial charge in [-0.3, -0.25) is 9.89 Å². The minimum atomic E-state index is -0.725. The van der Waals surface area contributed by atoms with Gasteiger partial charge in [0.15, 0.2) is 0 Å². The molecule has 122 valence electrons. The first-order valence-electron chi connectivity index (χ1n) is 7.82. The normalized spacial score (nSPS) is 21.3. The van der Waals surface area contributed by atoms with Crippen molar-refractivity contribution in [3.63, 3.8) is 0 Å². The summed E-state index contributed by atoms with van der Waals surface area (Å²) in [5.41, 5.74) is 2.24. The first-order valence-corrected chi connectivity index (χ1v) is 7.82. The molecule has 1 saturated carbocycles. The van der Waals surface area contributed by atoms with Crippen molar-refractivity contribution in [2.24, 2.45) is 5.92 Å². The molecule has 0 aromatic carbocycles. The van der Waals surface area contributed by atoms with Crippen molar-refractivity contribution in [3.05, 3.63) is 17.5 Å². The zero-order valence-corrected chi connectivity index (χ0v) is 12.9. The molecule has 7 heteroatoms. The van der Waals surface area contributed by atoms with Gasteiger partial charge >= 0.3 is 12.0 Å². The summed E-state index contributed by atoms with van der Waals surface area (Å²) in [6.07, 6.45) is 6.31. The van der Waals surface area contributed by atoms with E-state index in [9.17, 15) is 9.59 Å². The van der Waals surface area contributed by atoms with Crippen LogP contribution in [0.3, 0.4) is 0 Å². The van der Waals surface area contributed by atoms with Crippen LogP contribution in [0, 0.1) is 12.8 Å². The van der Waals surface area contributed by atoms with E-state index in [1.165, 1.54) is 5.56 Å². The molecule has 0 saturated heterocycles. The second kappa shape index (κ2) is 7.82. The highest BCUT2D eigenvalue weighted by Gasteiger charge is 2.26. The summed E-state index contributed by atoms with van der Waals surface area (Å²) >= 11 is 0. The number of amides is 2. The molecule has 2 rings (SSSR count). The molecule has 0 unspecified atom stereocenters. The number of hydrogen-bond acceptors (Lipinski definition) is 3. The second-order valence-corrected chi connectivity index (χ2v) is 5.91. The fraction of sp³-hybridized carbons (Fsp3) is 0.667. The van der Waals surface area contributed by atoms with Crippen LogP contribution >= 0.6 is 0 Å². The Balaban J connectivity index is 1.58. The van der Waals surface area contributed by atoms with Gasteiger partial charge in [-0.2, -0.15) is 5.10 Å². The topological polar surface area (TPSA) is 107 Å². The van der Waals surface area contributed by atoms with E-state index in [-0.39, 0.29) is 18.0 Å². The molecular formula is C15H24N4O3. The number of aromatic nitrogens is 2. The van der Waals surface area contributed by atoms with Gasteiger partial charge < -0.3 is 15.7 Å². The monoisotopic (exact) mass is 308 g/mol. The van der Waals surface area contributed by atoms with Crippen molar-refractivity contribution in [2.75, 3.05) is 6.54 Å². The highest BCUT2D eigenvalue weighted by molar-refractivity contribution is 5.74. The molecule has 2 amide bonds. The maximum absolute atomic E-state index is 11.8. The first-order chi connectivity index (χ1) is 10.6. The quantitative estimate of drug-likeness (QED) is 0.599. The lowest BCUT2D eigenvalue weighted by molar-refractivity contribution is -0.142. The van der Waals surface area contributed by atoms with Crippen molar-refractivity contribution in [3.8, 4) is 0 Å². The third-order valence-electron chi connectivity index (χ3n) is 4.25. The number of aromatic amines is 1. The van der Waals surface area contributed by atoms with Crippen molar-refractivity contribution in [1.82, 2.24) is 20.8 Å². The summed E-state index contributed by atoms with van der Waals surface area (Å²) < 4.78 is 0. The molecule has 4 N–H and O–H groups in total. The Morgan fingerprint density at radius 1 is 1.36 bits per heavy atom. The summed E-state index contributed by atoms with van der Waals surface area (Å²) in [6, 6.07) is -0.0746. The fourth-order valence-electron chi connectivity index (χ4n) is 2.83. The molecule has 0 aliphatic heterocycles. The zero-order chi connectivity index (χ0) is 15.9. The molecule has 0 radical (unpaired) electrons. The number of carboxylic acids is 1. The summed E-state index contributed by atoms with van der Waals surface area (Å²) in [5, 5.41) is 21.6. The van der Waals surface area contributed by atoms with Crippen molar-refractivity contribution < 1.29 is 14.7 Å². The SMILES string of the molecule is Cc1[nH]ncc1CCCNC(=O)NC1CCC(C(=O)O)CC1. The van der Waals surface area contributed by atoms with E-state index in [4.69, 9.17) is 5.11 Å². The van der Waals surface area contributed by atoms with Gasteiger partial charge in [0.25, 0.3) is 0 Å². The number of nitrogens with zero attached hydrogens (tertiary/aromatic N) is 1.